The number of nitrogens with one attached hydrogen (secondary N) is 2. The number of hydrogen-bond donors (Lipinski definition) is 3. The number of hydrogen-bond acceptors (Lipinski definition) is 3. The van der Waals surface area contributed by atoms with Crippen LogP contribution in [0, 0.1) is 0 Å². The van der Waals surface area contributed by atoms with Gasteiger partial charge in [0.05, 0.1) is 13.2 Å². The summed E-state index contributed by atoms with van der Waals surface area (Å²) < 4.78 is 0. The van der Waals surface area contributed by atoms with Crippen LogP contribution in [0.3, 0.4) is 0 Å². The Balaban J connectivity index is 0.00000135. The van der Waals surface area contributed by atoms with E-state index in [1.807, 2.05) is 37.3 Å². The molecule has 0 aliphatic heterocycles. The fourth-order valence-electron chi connectivity index (χ4n) is 1.72. The van der Waals surface area contributed by atoms with Crippen LogP contribution in [0.1, 0.15) is 38.3 Å². The van der Waals surface area contributed by atoms with Gasteiger partial charge in [-0.25, -0.2) is 0 Å². The lowest BCUT2D eigenvalue weighted by Crippen LogP contribution is -2.30. The van der Waals surface area contributed by atoms with E-state index in [-0.39, 0.29) is 19.1 Å². The van der Waals surface area contributed by atoms with Crippen molar-refractivity contribution >= 4 is 23.7 Å². The van der Waals surface area contributed by atoms with Crippen molar-refractivity contribution < 1.29 is 9.90 Å². The Labute approximate surface area is 133 Å². The Morgan fingerprint density at radius 2 is 2.05 bits per heavy atom. The summed E-state index contributed by atoms with van der Waals surface area (Å²) in [5.41, 5.74) is 2.65. The molecule has 0 aliphatic carbocycles. The van der Waals surface area contributed by atoms with Crippen LogP contribution in [0.15, 0.2) is 30.9 Å². The van der Waals surface area contributed by atoms with Crippen LogP contribution < -0.4 is 10.6 Å². The molecule has 0 radical (unpaired) electrons. The quantitative estimate of drug-likeness (QED) is 0.677. The second-order valence-corrected chi connectivity index (χ2v) is 4.67. The van der Waals surface area contributed by atoms with Crippen LogP contribution in [0.25, 0.3) is 12.2 Å². The van der Waals surface area contributed by atoms with E-state index in [9.17, 15) is 4.79 Å². The highest BCUT2D eigenvalue weighted by Crippen LogP contribution is 2.22. The van der Waals surface area contributed by atoms with Crippen LogP contribution in [0.4, 0.5) is 5.69 Å². The maximum atomic E-state index is 11.7. The van der Waals surface area contributed by atoms with E-state index in [4.69, 9.17) is 5.11 Å². The van der Waals surface area contributed by atoms with Crippen LogP contribution in [-0.4, -0.2) is 30.7 Å². The summed E-state index contributed by atoms with van der Waals surface area (Å²) >= 11 is 0. The van der Waals surface area contributed by atoms with E-state index in [0.717, 1.165) is 16.8 Å². The first-order valence-electron chi connectivity index (χ1n) is 7.64. The molecule has 4 nitrogen and oxygen atoms in total. The minimum Gasteiger partial charge on any atom is -0.395 e. The van der Waals surface area contributed by atoms with Crippen molar-refractivity contribution in [2.75, 3.05) is 25.0 Å². The van der Waals surface area contributed by atoms with Crippen LogP contribution in [-0.2, 0) is 4.79 Å². The zero-order valence-electron chi connectivity index (χ0n) is 13.9. The minimum atomic E-state index is -0.144. The molecule has 0 aliphatic rings. The number of carbonyl (C=O) groups is 1. The second kappa shape index (κ2) is 12.8. The van der Waals surface area contributed by atoms with Gasteiger partial charge in [-0.3, -0.25) is 4.79 Å². The first-order chi connectivity index (χ1) is 10.6. The van der Waals surface area contributed by atoms with Crippen molar-refractivity contribution in [3.05, 3.63) is 42.0 Å². The van der Waals surface area contributed by atoms with Crippen molar-refractivity contribution in [2.45, 2.75) is 27.2 Å². The maximum absolute atomic E-state index is 11.7. The number of rotatable bonds is 7. The first-order valence-corrected chi connectivity index (χ1v) is 7.64. The highest BCUT2D eigenvalue weighted by molar-refractivity contribution is 5.95. The summed E-state index contributed by atoms with van der Waals surface area (Å²) in [7, 11) is 0. The van der Waals surface area contributed by atoms with Gasteiger partial charge in [-0.05, 0) is 18.6 Å². The van der Waals surface area contributed by atoms with Gasteiger partial charge in [-0.2, -0.15) is 0 Å². The molecule has 0 saturated heterocycles. The number of allylic oxidation sites excluding steroid dienone is 1. The molecule has 0 heterocycles. The topological polar surface area (TPSA) is 61.4 Å². The molecule has 1 amide bonds. The van der Waals surface area contributed by atoms with Gasteiger partial charge < -0.3 is 15.7 Å². The fraction of sp³-hybridized carbons (Fsp3) is 0.389. The van der Waals surface area contributed by atoms with Crippen molar-refractivity contribution in [2.24, 2.45) is 0 Å². The zero-order valence-corrected chi connectivity index (χ0v) is 13.9. The van der Waals surface area contributed by atoms with E-state index in [0.29, 0.717) is 6.54 Å². The molecule has 1 rings (SSSR count). The summed E-state index contributed by atoms with van der Waals surface area (Å²) in [6.07, 6.45) is 6.89. The van der Waals surface area contributed by atoms with Crippen molar-refractivity contribution in [3.63, 3.8) is 0 Å². The highest BCUT2D eigenvalue weighted by atomic mass is 16.3. The summed E-state index contributed by atoms with van der Waals surface area (Å²) in [6, 6.07) is 5.70. The van der Waals surface area contributed by atoms with Gasteiger partial charge in [0.15, 0.2) is 0 Å². The average Bonchev–Trinajstić information content (AvgIpc) is 2.49. The van der Waals surface area contributed by atoms with Gasteiger partial charge >= 0.3 is 0 Å². The third-order valence-electron chi connectivity index (χ3n) is 2.54. The maximum Gasteiger partial charge on any atom is 0.238 e. The molecule has 0 fully saturated rings. The smallest absolute Gasteiger partial charge is 0.238 e. The van der Waals surface area contributed by atoms with Gasteiger partial charge in [0.25, 0.3) is 0 Å². The molecule has 1 aromatic rings. The van der Waals surface area contributed by atoms with E-state index < -0.39 is 0 Å². The SMILES string of the molecule is C=Cc1c(/C=C\C)cccc1NC(=O)CNCCO.CCC. The third kappa shape index (κ3) is 7.76. The van der Waals surface area contributed by atoms with Gasteiger partial charge in [0.1, 0.15) is 0 Å². The Morgan fingerprint density at radius 1 is 1.36 bits per heavy atom. The molecule has 3 N–H and O–H groups in total. The Bertz CT molecular complexity index is 482. The first kappa shape index (κ1) is 20.1. The molecular formula is C18H28N2O2. The van der Waals surface area contributed by atoms with Crippen LogP contribution in [0.5, 0.6) is 0 Å². The summed E-state index contributed by atoms with van der Waals surface area (Å²) in [4.78, 5) is 11.7. The number of anilines is 1. The van der Waals surface area contributed by atoms with Crippen molar-refractivity contribution in [1.29, 1.82) is 0 Å². The lowest BCUT2D eigenvalue weighted by molar-refractivity contribution is -0.115. The molecule has 22 heavy (non-hydrogen) atoms. The summed E-state index contributed by atoms with van der Waals surface area (Å²) in [6.45, 7) is 10.6. The number of amides is 1. The monoisotopic (exact) mass is 304 g/mol. The van der Waals surface area contributed by atoms with Gasteiger partial charge in [-0.15, -0.1) is 0 Å². The molecule has 0 atom stereocenters. The van der Waals surface area contributed by atoms with Gasteiger partial charge in [-0.1, -0.05) is 57.2 Å². The lowest BCUT2D eigenvalue weighted by Gasteiger charge is -2.11. The molecule has 0 aromatic heterocycles. The van der Waals surface area contributed by atoms with Crippen LogP contribution >= 0.6 is 0 Å². The predicted octanol–water partition coefficient (Wildman–Crippen LogP) is 3.30. The molecule has 0 spiro atoms. The van der Waals surface area contributed by atoms with Crippen molar-refractivity contribution in [3.8, 4) is 0 Å². The van der Waals surface area contributed by atoms with E-state index in [1.54, 1.807) is 6.08 Å². The van der Waals surface area contributed by atoms with E-state index in [1.165, 1.54) is 6.42 Å². The minimum absolute atomic E-state index is 0.0158. The highest BCUT2D eigenvalue weighted by Gasteiger charge is 2.07. The van der Waals surface area contributed by atoms with E-state index in [2.05, 4.69) is 31.1 Å². The van der Waals surface area contributed by atoms with Crippen molar-refractivity contribution in [1.82, 2.24) is 5.32 Å². The average molecular weight is 304 g/mol. The zero-order chi connectivity index (χ0) is 16.8. The fourth-order valence-corrected chi connectivity index (χ4v) is 1.72. The van der Waals surface area contributed by atoms with E-state index >= 15 is 0 Å². The molecular weight excluding hydrogens is 276 g/mol. The molecule has 0 bridgehead atoms. The number of benzene rings is 1. The summed E-state index contributed by atoms with van der Waals surface area (Å²) in [5, 5.41) is 14.3. The Hall–Kier alpha value is -1.91. The Morgan fingerprint density at radius 3 is 2.59 bits per heavy atom. The lowest BCUT2D eigenvalue weighted by atomic mass is 10.0. The largest absolute Gasteiger partial charge is 0.395 e. The predicted molar refractivity (Wildman–Crippen MR) is 95.8 cm³/mol. The molecule has 0 unspecified atom stereocenters. The number of aliphatic hydroxyl groups is 1. The normalized spacial score (nSPS) is 10.0. The molecule has 1 aromatic carbocycles. The molecule has 4 heteroatoms. The second-order valence-electron chi connectivity index (χ2n) is 4.67. The molecule has 0 saturated carbocycles. The van der Waals surface area contributed by atoms with Crippen LogP contribution in [0.2, 0.25) is 0 Å². The number of carbonyl (C=O) groups excluding carboxylic acids is 1. The standard InChI is InChI=1S/C15H20N2O2.C3H8/c1-3-6-12-7-5-8-14(13(12)4-2)17-15(19)11-16-9-10-18;1-3-2/h3-8,16,18H,2,9-11H2,1H3,(H,17,19);3H2,1-2H3/b6-3-;. The summed E-state index contributed by atoms with van der Waals surface area (Å²) in [5.74, 6) is -0.144. The van der Waals surface area contributed by atoms with Gasteiger partial charge in [0, 0.05) is 17.8 Å². The molecule has 122 valence electrons. The van der Waals surface area contributed by atoms with Gasteiger partial charge in [0.2, 0.25) is 5.91 Å². The Kier molecular flexibility index (Phi) is 11.7. The number of aliphatic hydroxyl groups excluding tert-OH is 1. The third-order valence-corrected chi connectivity index (χ3v) is 2.54.